The number of hydrogen-bond acceptors (Lipinski definition) is 3. The first-order chi connectivity index (χ1) is 8.81. The Bertz CT molecular complexity index is 344. The summed E-state index contributed by atoms with van der Waals surface area (Å²) >= 11 is 0. The van der Waals surface area contributed by atoms with E-state index in [0.717, 1.165) is 25.0 Å². The van der Waals surface area contributed by atoms with Crippen LogP contribution in [0.15, 0.2) is 18.3 Å². The van der Waals surface area contributed by atoms with Crippen molar-refractivity contribution >= 4 is 0 Å². The smallest absolute Gasteiger partial charge is 0.138 e. The van der Waals surface area contributed by atoms with Gasteiger partial charge in [0.1, 0.15) is 11.9 Å². The van der Waals surface area contributed by atoms with Crippen LogP contribution < -0.4 is 4.74 Å². The van der Waals surface area contributed by atoms with Gasteiger partial charge in [-0.15, -0.1) is 0 Å². The maximum Gasteiger partial charge on any atom is 0.138 e. The average Bonchev–Trinajstić information content (AvgIpc) is 2.35. The van der Waals surface area contributed by atoms with Gasteiger partial charge in [-0.2, -0.15) is 0 Å². The van der Waals surface area contributed by atoms with Crippen LogP contribution in [0.1, 0.15) is 44.7 Å². The molecule has 0 aliphatic heterocycles. The lowest BCUT2D eigenvalue weighted by molar-refractivity contribution is -0.0382. The van der Waals surface area contributed by atoms with Crippen LogP contribution in [0.2, 0.25) is 0 Å². The number of pyridine rings is 1. The number of ether oxygens (including phenoxy) is 2. The van der Waals surface area contributed by atoms with Crippen LogP contribution in [0.4, 0.5) is 0 Å². The Morgan fingerprint density at radius 1 is 1.22 bits per heavy atom. The number of methoxy groups -OCH3 is 1. The summed E-state index contributed by atoms with van der Waals surface area (Å²) in [6.07, 6.45) is 9.36. The second-order valence-electron chi connectivity index (χ2n) is 5.01. The highest BCUT2D eigenvalue weighted by molar-refractivity contribution is 5.20. The van der Waals surface area contributed by atoms with Crippen molar-refractivity contribution in [2.45, 2.75) is 57.7 Å². The second-order valence-corrected chi connectivity index (χ2v) is 5.01. The van der Waals surface area contributed by atoms with Crippen molar-refractivity contribution in [3.63, 3.8) is 0 Å². The number of nitrogens with zero attached hydrogens (tertiary/aromatic N) is 1. The fourth-order valence-electron chi connectivity index (χ4n) is 2.18. The molecule has 1 fully saturated rings. The molecule has 1 aromatic rings. The van der Waals surface area contributed by atoms with E-state index in [-0.39, 0.29) is 0 Å². The lowest BCUT2D eigenvalue weighted by atomic mass is 9.92. The third kappa shape index (κ3) is 3.70. The Kier molecular flexibility index (Phi) is 5.00. The SMILES string of the molecule is CCCCCc1ccc(O[C@H]2C[C@H](OC)C2)cn1. The van der Waals surface area contributed by atoms with Gasteiger partial charge in [0.2, 0.25) is 0 Å². The molecule has 0 saturated heterocycles. The minimum absolute atomic E-state index is 0.308. The first-order valence-corrected chi connectivity index (χ1v) is 6.96. The zero-order valence-corrected chi connectivity index (χ0v) is 11.4. The molecule has 100 valence electrons. The van der Waals surface area contributed by atoms with Crippen molar-refractivity contribution in [2.75, 3.05) is 7.11 Å². The van der Waals surface area contributed by atoms with Crippen molar-refractivity contribution in [1.29, 1.82) is 0 Å². The largest absolute Gasteiger partial charge is 0.489 e. The molecule has 0 aromatic carbocycles. The van der Waals surface area contributed by atoms with E-state index in [4.69, 9.17) is 9.47 Å². The van der Waals surface area contributed by atoms with Gasteiger partial charge < -0.3 is 9.47 Å². The van der Waals surface area contributed by atoms with Crippen molar-refractivity contribution < 1.29 is 9.47 Å². The van der Waals surface area contributed by atoms with Gasteiger partial charge in [-0.1, -0.05) is 19.8 Å². The van der Waals surface area contributed by atoms with Crippen molar-refractivity contribution in [3.8, 4) is 5.75 Å². The maximum absolute atomic E-state index is 5.82. The van der Waals surface area contributed by atoms with E-state index in [0.29, 0.717) is 12.2 Å². The van der Waals surface area contributed by atoms with Gasteiger partial charge in [0.05, 0.1) is 12.3 Å². The summed E-state index contributed by atoms with van der Waals surface area (Å²) < 4.78 is 11.1. The average molecular weight is 249 g/mol. The van der Waals surface area contributed by atoms with Gasteiger partial charge in [-0.3, -0.25) is 4.98 Å². The van der Waals surface area contributed by atoms with Crippen LogP contribution >= 0.6 is 0 Å². The summed E-state index contributed by atoms with van der Waals surface area (Å²) in [5.41, 5.74) is 1.17. The molecule has 0 atom stereocenters. The van der Waals surface area contributed by atoms with Crippen molar-refractivity contribution in [3.05, 3.63) is 24.0 Å². The summed E-state index contributed by atoms with van der Waals surface area (Å²) in [5.74, 6) is 0.883. The highest BCUT2D eigenvalue weighted by Crippen LogP contribution is 2.27. The van der Waals surface area contributed by atoms with E-state index in [1.54, 1.807) is 7.11 Å². The Morgan fingerprint density at radius 3 is 2.67 bits per heavy atom. The quantitative estimate of drug-likeness (QED) is 0.694. The van der Waals surface area contributed by atoms with E-state index in [1.165, 1.54) is 25.0 Å². The third-order valence-electron chi connectivity index (χ3n) is 3.52. The lowest BCUT2D eigenvalue weighted by Gasteiger charge is -2.34. The molecule has 0 amide bonds. The first-order valence-electron chi connectivity index (χ1n) is 6.96. The molecule has 18 heavy (non-hydrogen) atoms. The molecule has 0 spiro atoms. The zero-order chi connectivity index (χ0) is 12.8. The van der Waals surface area contributed by atoms with Gasteiger partial charge in [0.15, 0.2) is 0 Å². The van der Waals surface area contributed by atoms with E-state index in [9.17, 15) is 0 Å². The molecular weight excluding hydrogens is 226 g/mol. The molecule has 2 rings (SSSR count). The normalized spacial score (nSPS) is 22.6. The number of unbranched alkanes of at least 4 members (excludes halogenated alkanes) is 2. The monoisotopic (exact) mass is 249 g/mol. The standard InChI is InChI=1S/C15H23NO2/c1-3-4-5-6-12-7-8-13(11-16-12)18-15-9-14(10-15)17-2/h7-8,11,14-15H,3-6,9-10H2,1-2H3/t14-,15-. The molecule has 1 aliphatic carbocycles. The Hall–Kier alpha value is -1.09. The van der Waals surface area contributed by atoms with E-state index in [2.05, 4.69) is 18.0 Å². The van der Waals surface area contributed by atoms with Crippen LogP contribution in [-0.2, 0) is 11.2 Å². The minimum Gasteiger partial charge on any atom is -0.489 e. The van der Waals surface area contributed by atoms with Crippen LogP contribution in [-0.4, -0.2) is 24.3 Å². The Morgan fingerprint density at radius 2 is 2.06 bits per heavy atom. The molecule has 0 radical (unpaired) electrons. The van der Waals surface area contributed by atoms with E-state index >= 15 is 0 Å². The third-order valence-corrected chi connectivity index (χ3v) is 3.52. The Balaban J connectivity index is 1.74. The lowest BCUT2D eigenvalue weighted by Crippen LogP contribution is -2.38. The highest BCUT2D eigenvalue weighted by Gasteiger charge is 2.30. The first kappa shape index (κ1) is 13.3. The summed E-state index contributed by atoms with van der Waals surface area (Å²) in [6.45, 7) is 2.22. The predicted octanol–water partition coefficient (Wildman–Crippen LogP) is 3.37. The van der Waals surface area contributed by atoms with Gasteiger partial charge >= 0.3 is 0 Å². The maximum atomic E-state index is 5.82. The fraction of sp³-hybridized carbons (Fsp3) is 0.667. The molecule has 1 saturated carbocycles. The molecule has 1 aromatic heterocycles. The molecule has 0 N–H and O–H groups in total. The summed E-state index contributed by atoms with van der Waals surface area (Å²) in [5, 5.41) is 0. The number of rotatable bonds is 7. The van der Waals surface area contributed by atoms with Crippen LogP contribution in [0.3, 0.4) is 0 Å². The van der Waals surface area contributed by atoms with Gasteiger partial charge in [0, 0.05) is 25.6 Å². The summed E-state index contributed by atoms with van der Waals surface area (Å²) in [4.78, 5) is 4.44. The second kappa shape index (κ2) is 6.74. The Labute approximate surface area is 110 Å². The molecule has 3 nitrogen and oxygen atoms in total. The zero-order valence-electron chi connectivity index (χ0n) is 11.4. The van der Waals surface area contributed by atoms with Gasteiger partial charge in [-0.05, 0) is 25.0 Å². The van der Waals surface area contributed by atoms with Crippen molar-refractivity contribution in [2.24, 2.45) is 0 Å². The molecular formula is C15H23NO2. The summed E-state index contributed by atoms with van der Waals surface area (Å²) in [7, 11) is 1.76. The number of aromatic nitrogens is 1. The molecule has 3 heteroatoms. The number of hydrogen-bond donors (Lipinski definition) is 0. The highest BCUT2D eigenvalue weighted by atomic mass is 16.5. The topological polar surface area (TPSA) is 31.4 Å². The van der Waals surface area contributed by atoms with E-state index < -0.39 is 0 Å². The summed E-state index contributed by atoms with van der Waals surface area (Å²) in [6, 6.07) is 4.12. The molecule has 0 unspecified atom stereocenters. The minimum atomic E-state index is 0.308. The molecule has 1 heterocycles. The van der Waals surface area contributed by atoms with Crippen LogP contribution in [0.25, 0.3) is 0 Å². The molecule has 1 aliphatic rings. The fourth-order valence-corrected chi connectivity index (χ4v) is 2.18. The van der Waals surface area contributed by atoms with Gasteiger partial charge in [-0.25, -0.2) is 0 Å². The van der Waals surface area contributed by atoms with Gasteiger partial charge in [0.25, 0.3) is 0 Å². The van der Waals surface area contributed by atoms with Crippen LogP contribution in [0, 0.1) is 0 Å². The molecule has 0 bridgehead atoms. The van der Waals surface area contributed by atoms with E-state index in [1.807, 2.05) is 12.3 Å². The predicted molar refractivity (Wildman–Crippen MR) is 71.9 cm³/mol. The number of aryl methyl sites for hydroxylation is 1. The van der Waals surface area contributed by atoms with Crippen LogP contribution in [0.5, 0.6) is 5.75 Å². The van der Waals surface area contributed by atoms with Crippen molar-refractivity contribution in [1.82, 2.24) is 4.98 Å².